The van der Waals surface area contributed by atoms with Crippen LogP contribution >= 0.6 is 0 Å². The van der Waals surface area contributed by atoms with E-state index in [4.69, 9.17) is 0 Å². The Labute approximate surface area is 108 Å². The quantitative estimate of drug-likeness (QED) is 0.735. The summed E-state index contributed by atoms with van der Waals surface area (Å²) in [4.78, 5) is 2.50. The molecule has 1 fully saturated rings. The molecule has 1 rings (SSSR count). The van der Waals surface area contributed by atoms with Crippen molar-refractivity contribution in [1.29, 1.82) is 0 Å². The summed E-state index contributed by atoms with van der Waals surface area (Å²) in [7, 11) is 2.26. The van der Waals surface area contributed by atoms with E-state index in [2.05, 4.69) is 38.0 Å². The fourth-order valence-electron chi connectivity index (χ4n) is 2.60. The van der Waals surface area contributed by atoms with Crippen LogP contribution in [-0.2, 0) is 0 Å². The van der Waals surface area contributed by atoms with Gasteiger partial charge in [0.15, 0.2) is 0 Å². The van der Waals surface area contributed by atoms with Gasteiger partial charge in [-0.15, -0.1) is 0 Å². The molecule has 0 radical (unpaired) electrons. The molecular weight excluding hydrogens is 208 g/mol. The van der Waals surface area contributed by atoms with Crippen LogP contribution in [0.1, 0.15) is 59.3 Å². The molecule has 17 heavy (non-hydrogen) atoms. The van der Waals surface area contributed by atoms with Crippen LogP contribution in [0.3, 0.4) is 0 Å². The van der Waals surface area contributed by atoms with Crippen molar-refractivity contribution in [2.24, 2.45) is 5.92 Å². The monoisotopic (exact) mass is 240 g/mol. The summed E-state index contributed by atoms with van der Waals surface area (Å²) in [5, 5.41) is 3.75. The summed E-state index contributed by atoms with van der Waals surface area (Å²) in [5.74, 6) is 0.817. The standard InChI is InChI=1S/C15H32N2/c1-5-13(2)12-17(4)14(3)11-16-15-9-7-6-8-10-15/h13-16H,5-12H2,1-4H3. The van der Waals surface area contributed by atoms with Gasteiger partial charge in [0.1, 0.15) is 0 Å². The first-order valence-electron chi connectivity index (χ1n) is 7.57. The van der Waals surface area contributed by atoms with Crippen molar-refractivity contribution in [2.45, 2.75) is 71.4 Å². The molecule has 0 saturated heterocycles. The molecule has 2 unspecified atom stereocenters. The van der Waals surface area contributed by atoms with Crippen molar-refractivity contribution in [1.82, 2.24) is 10.2 Å². The van der Waals surface area contributed by atoms with E-state index in [0.29, 0.717) is 6.04 Å². The fraction of sp³-hybridized carbons (Fsp3) is 1.00. The molecule has 2 nitrogen and oxygen atoms in total. The molecule has 0 aromatic rings. The molecule has 0 spiro atoms. The SMILES string of the molecule is CCC(C)CN(C)C(C)CNC1CCCCC1. The van der Waals surface area contributed by atoms with Crippen LogP contribution in [0.2, 0.25) is 0 Å². The molecule has 2 atom stereocenters. The van der Waals surface area contributed by atoms with Crippen molar-refractivity contribution in [3.8, 4) is 0 Å². The van der Waals surface area contributed by atoms with Crippen LogP contribution in [0.4, 0.5) is 0 Å². The van der Waals surface area contributed by atoms with E-state index in [1.807, 2.05) is 0 Å². The first-order chi connectivity index (χ1) is 8.13. The highest BCUT2D eigenvalue weighted by Gasteiger charge is 2.16. The molecule has 2 heteroatoms. The highest BCUT2D eigenvalue weighted by Crippen LogP contribution is 2.17. The molecular formula is C15H32N2. The molecule has 0 aliphatic heterocycles. The van der Waals surface area contributed by atoms with Crippen molar-refractivity contribution in [3.05, 3.63) is 0 Å². The minimum absolute atomic E-state index is 0.658. The van der Waals surface area contributed by atoms with Crippen LogP contribution in [0.15, 0.2) is 0 Å². The maximum atomic E-state index is 3.75. The Bertz CT molecular complexity index is 187. The molecule has 0 heterocycles. The minimum atomic E-state index is 0.658. The number of rotatable bonds is 7. The molecule has 1 N–H and O–H groups in total. The van der Waals surface area contributed by atoms with Gasteiger partial charge >= 0.3 is 0 Å². The summed E-state index contributed by atoms with van der Waals surface area (Å²) in [5.41, 5.74) is 0. The smallest absolute Gasteiger partial charge is 0.0189 e. The normalized spacial score (nSPS) is 21.7. The second kappa shape index (κ2) is 8.10. The maximum Gasteiger partial charge on any atom is 0.0189 e. The van der Waals surface area contributed by atoms with Crippen LogP contribution in [0.5, 0.6) is 0 Å². The molecule has 1 saturated carbocycles. The second-order valence-corrected chi connectivity index (χ2v) is 6.05. The van der Waals surface area contributed by atoms with Gasteiger partial charge in [-0.2, -0.15) is 0 Å². The van der Waals surface area contributed by atoms with Gasteiger partial charge < -0.3 is 10.2 Å². The summed E-state index contributed by atoms with van der Waals surface area (Å²) >= 11 is 0. The van der Waals surface area contributed by atoms with E-state index >= 15 is 0 Å². The molecule has 0 aromatic carbocycles. The van der Waals surface area contributed by atoms with E-state index in [0.717, 1.165) is 18.5 Å². The molecule has 0 amide bonds. The number of hydrogen-bond acceptors (Lipinski definition) is 2. The first-order valence-corrected chi connectivity index (χ1v) is 7.57. The average molecular weight is 240 g/mol. The predicted molar refractivity (Wildman–Crippen MR) is 76.4 cm³/mol. The third-order valence-electron chi connectivity index (χ3n) is 4.36. The highest BCUT2D eigenvalue weighted by atomic mass is 15.1. The zero-order valence-corrected chi connectivity index (χ0v) is 12.3. The summed E-state index contributed by atoms with van der Waals surface area (Å²) in [6.45, 7) is 9.35. The first kappa shape index (κ1) is 15.0. The van der Waals surface area contributed by atoms with Crippen LogP contribution in [0.25, 0.3) is 0 Å². The number of hydrogen-bond donors (Lipinski definition) is 1. The van der Waals surface area contributed by atoms with E-state index < -0.39 is 0 Å². The lowest BCUT2D eigenvalue weighted by Gasteiger charge is -2.30. The van der Waals surface area contributed by atoms with Gasteiger partial charge in [-0.25, -0.2) is 0 Å². The fourth-order valence-corrected chi connectivity index (χ4v) is 2.60. The van der Waals surface area contributed by atoms with Crippen LogP contribution < -0.4 is 5.32 Å². The number of nitrogens with zero attached hydrogens (tertiary/aromatic N) is 1. The van der Waals surface area contributed by atoms with Gasteiger partial charge in [0.2, 0.25) is 0 Å². The molecule has 0 aromatic heterocycles. The van der Waals surface area contributed by atoms with Gasteiger partial charge in [0.05, 0.1) is 0 Å². The Hall–Kier alpha value is -0.0800. The summed E-state index contributed by atoms with van der Waals surface area (Å²) in [6.07, 6.45) is 8.36. The number of likely N-dealkylation sites (N-methyl/N-ethyl adjacent to an activating group) is 1. The van der Waals surface area contributed by atoms with E-state index in [-0.39, 0.29) is 0 Å². The highest BCUT2D eigenvalue weighted by molar-refractivity contribution is 4.75. The third kappa shape index (κ3) is 5.87. The number of nitrogens with one attached hydrogen (secondary N) is 1. The Balaban J connectivity index is 2.16. The second-order valence-electron chi connectivity index (χ2n) is 6.05. The Morgan fingerprint density at radius 1 is 1.18 bits per heavy atom. The third-order valence-corrected chi connectivity index (χ3v) is 4.36. The van der Waals surface area contributed by atoms with Crippen molar-refractivity contribution in [3.63, 3.8) is 0 Å². The zero-order valence-electron chi connectivity index (χ0n) is 12.3. The Morgan fingerprint density at radius 2 is 1.82 bits per heavy atom. The zero-order chi connectivity index (χ0) is 12.7. The molecule has 0 bridgehead atoms. The van der Waals surface area contributed by atoms with Crippen LogP contribution in [-0.4, -0.2) is 37.1 Å². The van der Waals surface area contributed by atoms with Crippen molar-refractivity contribution >= 4 is 0 Å². The van der Waals surface area contributed by atoms with Gasteiger partial charge in [-0.1, -0.05) is 39.5 Å². The van der Waals surface area contributed by atoms with Gasteiger partial charge in [0.25, 0.3) is 0 Å². The Kier molecular flexibility index (Phi) is 7.14. The molecule has 1 aliphatic rings. The topological polar surface area (TPSA) is 15.3 Å². The van der Waals surface area contributed by atoms with E-state index in [9.17, 15) is 0 Å². The maximum absolute atomic E-state index is 3.75. The van der Waals surface area contributed by atoms with Gasteiger partial charge in [-0.3, -0.25) is 0 Å². The van der Waals surface area contributed by atoms with Crippen molar-refractivity contribution < 1.29 is 0 Å². The lowest BCUT2D eigenvalue weighted by molar-refractivity contribution is 0.208. The molecule has 102 valence electrons. The predicted octanol–water partition coefficient (Wildman–Crippen LogP) is 3.28. The molecule has 1 aliphatic carbocycles. The summed E-state index contributed by atoms with van der Waals surface area (Å²) in [6, 6.07) is 1.45. The van der Waals surface area contributed by atoms with Crippen LogP contribution in [0, 0.1) is 5.92 Å². The van der Waals surface area contributed by atoms with Gasteiger partial charge in [0, 0.05) is 25.2 Å². The average Bonchev–Trinajstić information content (AvgIpc) is 2.36. The Morgan fingerprint density at radius 3 is 2.41 bits per heavy atom. The largest absolute Gasteiger partial charge is 0.312 e. The summed E-state index contributed by atoms with van der Waals surface area (Å²) < 4.78 is 0. The van der Waals surface area contributed by atoms with Crippen molar-refractivity contribution in [2.75, 3.05) is 20.1 Å². The van der Waals surface area contributed by atoms with Gasteiger partial charge in [-0.05, 0) is 32.7 Å². The van der Waals surface area contributed by atoms with E-state index in [1.54, 1.807) is 0 Å². The lowest BCUT2D eigenvalue weighted by Crippen LogP contribution is -2.43. The lowest BCUT2D eigenvalue weighted by atomic mass is 9.95. The minimum Gasteiger partial charge on any atom is -0.312 e. The van der Waals surface area contributed by atoms with E-state index in [1.165, 1.54) is 45.1 Å².